The standard InChI is InChI=1S/C15H28N4O2/c1-4-7-12-13(16-8-5-2)17-11-18-14(12)19-15(6-3,9-20)10-21/h11,20-21H,4-10H2,1-3H3,(H2,16,17,18,19). The first-order valence-electron chi connectivity index (χ1n) is 7.74. The lowest BCUT2D eigenvalue weighted by Crippen LogP contribution is -2.45. The number of rotatable bonds is 10. The largest absolute Gasteiger partial charge is 0.394 e. The van der Waals surface area contributed by atoms with Gasteiger partial charge in [-0.25, -0.2) is 9.97 Å². The number of hydrogen-bond acceptors (Lipinski definition) is 6. The van der Waals surface area contributed by atoms with E-state index in [1.165, 1.54) is 6.33 Å². The molecule has 4 N–H and O–H groups in total. The van der Waals surface area contributed by atoms with Gasteiger partial charge < -0.3 is 20.8 Å². The quantitative estimate of drug-likeness (QED) is 0.526. The predicted molar refractivity (Wildman–Crippen MR) is 85.6 cm³/mol. The van der Waals surface area contributed by atoms with Gasteiger partial charge in [0.15, 0.2) is 0 Å². The van der Waals surface area contributed by atoms with Crippen LogP contribution in [0.5, 0.6) is 0 Å². The van der Waals surface area contributed by atoms with Crippen molar-refractivity contribution in [1.29, 1.82) is 0 Å². The molecule has 0 amide bonds. The third kappa shape index (κ3) is 4.54. The van der Waals surface area contributed by atoms with Crippen molar-refractivity contribution < 1.29 is 10.2 Å². The maximum atomic E-state index is 9.59. The van der Waals surface area contributed by atoms with Gasteiger partial charge in [0.1, 0.15) is 18.0 Å². The molecule has 0 aliphatic heterocycles. The van der Waals surface area contributed by atoms with Crippen LogP contribution in [0.1, 0.15) is 45.6 Å². The van der Waals surface area contributed by atoms with Gasteiger partial charge in [0, 0.05) is 12.1 Å². The SMILES string of the molecule is CCCNc1ncnc(NC(CC)(CO)CO)c1CCC. The van der Waals surface area contributed by atoms with Gasteiger partial charge in [0.25, 0.3) is 0 Å². The van der Waals surface area contributed by atoms with Gasteiger partial charge in [0.2, 0.25) is 0 Å². The van der Waals surface area contributed by atoms with E-state index in [1.807, 2.05) is 6.92 Å². The van der Waals surface area contributed by atoms with Crippen molar-refractivity contribution in [2.24, 2.45) is 0 Å². The maximum Gasteiger partial charge on any atom is 0.135 e. The summed E-state index contributed by atoms with van der Waals surface area (Å²) in [5.41, 5.74) is 0.256. The molecule has 0 radical (unpaired) electrons. The minimum atomic E-state index is -0.751. The zero-order valence-corrected chi connectivity index (χ0v) is 13.3. The average molecular weight is 296 g/mol. The van der Waals surface area contributed by atoms with Crippen molar-refractivity contribution in [3.63, 3.8) is 0 Å². The van der Waals surface area contributed by atoms with Gasteiger partial charge in [-0.15, -0.1) is 0 Å². The van der Waals surface area contributed by atoms with Crippen LogP contribution in [-0.4, -0.2) is 45.5 Å². The Morgan fingerprint density at radius 1 is 1.05 bits per heavy atom. The number of nitrogens with one attached hydrogen (secondary N) is 2. The zero-order chi connectivity index (χ0) is 15.7. The normalized spacial score (nSPS) is 11.5. The first-order chi connectivity index (χ1) is 10.2. The van der Waals surface area contributed by atoms with Gasteiger partial charge in [-0.2, -0.15) is 0 Å². The van der Waals surface area contributed by atoms with Crippen LogP contribution in [0.4, 0.5) is 11.6 Å². The molecule has 0 aliphatic carbocycles. The molecule has 1 rings (SSSR count). The van der Waals surface area contributed by atoms with Crippen LogP contribution >= 0.6 is 0 Å². The van der Waals surface area contributed by atoms with Crippen molar-refractivity contribution in [3.8, 4) is 0 Å². The Morgan fingerprint density at radius 3 is 2.24 bits per heavy atom. The van der Waals surface area contributed by atoms with E-state index < -0.39 is 5.54 Å². The summed E-state index contributed by atoms with van der Waals surface area (Å²) in [6.07, 6.45) is 4.94. The second-order valence-corrected chi connectivity index (χ2v) is 5.30. The highest BCUT2D eigenvalue weighted by Crippen LogP contribution is 2.25. The van der Waals surface area contributed by atoms with Crippen molar-refractivity contribution in [3.05, 3.63) is 11.9 Å². The molecule has 21 heavy (non-hydrogen) atoms. The number of aromatic nitrogens is 2. The van der Waals surface area contributed by atoms with Gasteiger partial charge >= 0.3 is 0 Å². The summed E-state index contributed by atoms with van der Waals surface area (Å²) in [4.78, 5) is 8.63. The Hall–Kier alpha value is -1.40. The molecule has 120 valence electrons. The van der Waals surface area contributed by atoms with E-state index in [0.717, 1.165) is 37.2 Å². The van der Waals surface area contributed by atoms with Crippen molar-refractivity contribution >= 4 is 11.6 Å². The monoisotopic (exact) mass is 296 g/mol. The molecule has 1 aromatic rings. The zero-order valence-electron chi connectivity index (χ0n) is 13.3. The molecule has 0 aromatic carbocycles. The molecule has 0 bridgehead atoms. The summed E-state index contributed by atoms with van der Waals surface area (Å²) in [5, 5.41) is 25.7. The summed E-state index contributed by atoms with van der Waals surface area (Å²) in [6.45, 7) is 6.70. The molecule has 0 fully saturated rings. The highest BCUT2D eigenvalue weighted by molar-refractivity contribution is 5.58. The van der Waals surface area contributed by atoms with Crippen molar-refractivity contribution in [1.82, 2.24) is 9.97 Å². The molecule has 1 aromatic heterocycles. The minimum absolute atomic E-state index is 0.146. The Bertz CT molecular complexity index is 414. The summed E-state index contributed by atoms with van der Waals surface area (Å²) in [6, 6.07) is 0. The molecule has 0 atom stereocenters. The van der Waals surface area contributed by atoms with Crippen LogP contribution < -0.4 is 10.6 Å². The number of aliphatic hydroxyl groups excluding tert-OH is 2. The van der Waals surface area contributed by atoms with Crippen molar-refractivity contribution in [2.75, 3.05) is 30.4 Å². The van der Waals surface area contributed by atoms with E-state index in [1.54, 1.807) is 0 Å². The van der Waals surface area contributed by atoms with Gasteiger partial charge in [-0.05, 0) is 19.3 Å². The molecule has 1 heterocycles. The lowest BCUT2D eigenvalue weighted by Gasteiger charge is -2.31. The minimum Gasteiger partial charge on any atom is -0.394 e. The van der Waals surface area contributed by atoms with E-state index >= 15 is 0 Å². The lowest BCUT2D eigenvalue weighted by molar-refractivity contribution is 0.132. The molecule has 0 aliphatic rings. The molecule has 6 heteroatoms. The summed E-state index contributed by atoms with van der Waals surface area (Å²) in [5.74, 6) is 1.52. The highest BCUT2D eigenvalue weighted by Gasteiger charge is 2.28. The van der Waals surface area contributed by atoms with Crippen LogP contribution in [0.25, 0.3) is 0 Å². The fourth-order valence-corrected chi connectivity index (χ4v) is 2.09. The third-order valence-corrected chi connectivity index (χ3v) is 3.65. The van der Waals surface area contributed by atoms with E-state index in [4.69, 9.17) is 0 Å². The molecule has 0 unspecified atom stereocenters. The van der Waals surface area contributed by atoms with E-state index in [0.29, 0.717) is 12.2 Å². The van der Waals surface area contributed by atoms with Crippen LogP contribution in [-0.2, 0) is 6.42 Å². The third-order valence-electron chi connectivity index (χ3n) is 3.65. The topological polar surface area (TPSA) is 90.3 Å². The van der Waals surface area contributed by atoms with Gasteiger partial charge in [-0.1, -0.05) is 27.2 Å². The Kier molecular flexibility index (Phi) is 7.39. The molecular formula is C15H28N4O2. The fraction of sp³-hybridized carbons (Fsp3) is 0.733. The van der Waals surface area contributed by atoms with Crippen LogP contribution in [0.3, 0.4) is 0 Å². The van der Waals surface area contributed by atoms with Gasteiger partial charge in [0.05, 0.1) is 18.8 Å². The smallest absolute Gasteiger partial charge is 0.135 e. The van der Waals surface area contributed by atoms with Crippen LogP contribution in [0, 0.1) is 0 Å². The first-order valence-corrected chi connectivity index (χ1v) is 7.74. The van der Waals surface area contributed by atoms with Gasteiger partial charge in [-0.3, -0.25) is 0 Å². The molecule has 0 saturated heterocycles. The fourth-order valence-electron chi connectivity index (χ4n) is 2.09. The summed E-state index contributed by atoms with van der Waals surface area (Å²) < 4.78 is 0. The van der Waals surface area contributed by atoms with Crippen molar-refractivity contribution in [2.45, 2.75) is 52.0 Å². The highest BCUT2D eigenvalue weighted by atomic mass is 16.3. The van der Waals surface area contributed by atoms with E-state index in [-0.39, 0.29) is 13.2 Å². The number of nitrogens with zero attached hydrogens (tertiary/aromatic N) is 2. The Balaban J connectivity index is 3.09. The van der Waals surface area contributed by atoms with E-state index in [9.17, 15) is 10.2 Å². The number of anilines is 2. The lowest BCUT2D eigenvalue weighted by atomic mass is 9.98. The Labute approximate surface area is 127 Å². The molecule has 6 nitrogen and oxygen atoms in total. The average Bonchev–Trinajstić information content (AvgIpc) is 2.53. The second kappa shape index (κ2) is 8.79. The molecule has 0 spiro atoms. The first kappa shape index (κ1) is 17.7. The summed E-state index contributed by atoms with van der Waals surface area (Å²) >= 11 is 0. The maximum absolute atomic E-state index is 9.59. The predicted octanol–water partition coefficient (Wildman–Crippen LogP) is 1.80. The van der Waals surface area contributed by atoms with Crippen LogP contribution in [0.15, 0.2) is 6.33 Å². The van der Waals surface area contributed by atoms with E-state index in [2.05, 4.69) is 34.4 Å². The second-order valence-electron chi connectivity index (χ2n) is 5.30. The molecular weight excluding hydrogens is 268 g/mol. The number of aliphatic hydroxyl groups is 2. The number of hydrogen-bond donors (Lipinski definition) is 4. The summed E-state index contributed by atoms with van der Waals surface area (Å²) in [7, 11) is 0. The van der Waals surface area contributed by atoms with Crippen LogP contribution in [0.2, 0.25) is 0 Å². The Morgan fingerprint density at radius 2 is 1.71 bits per heavy atom. The molecule has 0 saturated carbocycles.